The van der Waals surface area contributed by atoms with Gasteiger partial charge < -0.3 is 34.6 Å². The minimum atomic E-state index is -1.06. The summed E-state index contributed by atoms with van der Waals surface area (Å²) >= 11 is 0. The standard InChI is InChI=1S/C26H44O9/c1-16(13-23(30)33-11-9-7-5-4-6-8-10-22(28)29)12-20-25(32)24(31)19(15-34-20)14-21-26(35-21)17(2)18(3)27/h13,17-21,24-27,31-32H,4-12,14-15H2,1-3H3,(H,28,29)/b16-13-/t17-,18-,19?,20?,21-,24?,25?,26-/m0/s1. The number of carboxylic acids is 1. The second-order valence-corrected chi connectivity index (χ2v) is 10.2. The van der Waals surface area contributed by atoms with Crippen LogP contribution in [0.15, 0.2) is 11.6 Å². The maximum Gasteiger partial charge on any atom is 0.330 e. The molecule has 2 heterocycles. The summed E-state index contributed by atoms with van der Waals surface area (Å²) in [6.07, 6.45) is 4.61. The van der Waals surface area contributed by atoms with Gasteiger partial charge in [0, 0.05) is 24.3 Å². The summed E-state index contributed by atoms with van der Waals surface area (Å²) in [5.41, 5.74) is 0.708. The number of esters is 1. The minimum absolute atomic E-state index is 0.0160. The summed E-state index contributed by atoms with van der Waals surface area (Å²) in [6.45, 7) is 6.07. The van der Waals surface area contributed by atoms with Crippen LogP contribution in [0.5, 0.6) is 0 Å². The topological polar surface area (TPSA) is 146 Å². The lowest BCUT2D eigenvalue weighted by molar-refractivity contribution is -0.165. The molecule has 8 atom stereocenters. The van der Waals surface area contributed by atoms with Crippen LogP contribution in [0.4, 0.5) is 0 Å². The second kappa shape index (κ2) is 14.9. The molecular formula is C26H44O9. The van der Waals surface area contributed by atoms with Gasteiger partial charge in [0.25, 0.3) is 0 Å². The molecule has 4 N–H and O–H groups in total. The van der Waals surface area contributed by atoms with Gasteiger partial charge in [0.2, 0.25) is 0 Å². The SMILES string of the molecule is C/C(=C/C(=O)OCCCCCCCCC(=O)O)CC1OCC(C[C@@H]2O[C@H]2[C@@H](C)[C@H](C)O)C(O)C1O. The van der Waals surface area contributed by atoms with Crippen molar-refractivity contribution in [3.8, 4) is 0 Å². The number of carbonyl (C=O) groups excluding carboxylic acids is 1. The Morgan fingerprint density at radius 1 is 1.03 bits per heavy atom. The van der Waals surface area contributed by atoms with Crippen LogP contribution in [0.3, 0.4) is 0 Å². The quantitative estimate of drug-likeness (QED) is 0.109. The van der Waals surface area contributed by atoms with Gasteiger partial charge in [-0.25, -0.2) is 4.79 Å². The number of hydrogen-bond acceptors (Lipinski definition) is 8. The lowest BCUT2D eigenvalue weighted by Crippen LogP contribution is -2.50. The van der Waals surface area contributed by atoms with Crippen molar-refractivity contribution in [1.82, 2.24) is 0 Å². The van der Waals surface area contributed by atoms with Crippen molar-refractivity contribution in [1.29, 1.82) is 0 Å². The number of aliphatic hydroxyl groups is 3. The Morgan fingerprint density at radius 2 is 1.69 bits per heavy atom. The van der Waals surface area contributed by atoms with Crippen molar-refractivity contribution in [3.63, 3.8) is 0 Å². The lowest BCUT2D eigenvalue weighted by atomic mass is 9.85. The monoisotopic (exact) mass is 500 g/mol. The third-order valence-corrected chi connectivity index (χ3v) is 7.09. The van der Waals surface area contributed by atoms with E-state index in [1.807, 2.05) is 6.92 Å². The molecule has 0 radical (unpaired) electrons. The maximum atomic E-state index is 12.1. The fourth-order valence-electron chi connectivity index (χ4n) is 4.59. The van der Waals surface area contributed by atoms with E-state index in [0.29, 0.717) is 38.0 Å². The van der Waals surface area contributed by atoms with Gasteiger partial charge in [0.1, 0.15) is 6.10 Å². The number of carbonyl (C=O) groups is 2. The van der Waals surface area contributed by atoms with Gasteiger partial charge in [0.15, 0.2) is 0 Å². The van der Waals surface area contributed by atoms with Gasteiger partial charge in [-0.15, -0.1) is 0 Å². The van der Waals surface area contributed by atoms with E-state index in [0.717, 1.165) is 32.1 Å². The van der Waals surface area contributed by atoms with Crippen molar-refractivity contribution < 1.29 is 44.2 Å². The van der Waals surface area contributed by atoms with E-state index in [1.54, 1.807) is 13.8 Å². The molecule has 0 bridgehead atoms. The Bertz CT molecular complexity index is 692. The highest BCUT2D eigenvalue weighted by Crippen LogP contribution is 2.38. The van der Waals surface area contributed by atoms with Crippen molar-refractivity contribution in [2.24, 2.45) is 11.8 Å². The zero-order valence-electron chi connectivity index (χ0n) is 21.3. The summed E-state index contributed by atoms with van der Waals surface area (Å²) in [4.78, 5) is 22.5. The summed E-state index contributed by atoms with van der Waals surface area (Å²) in [5, 5.41) is 39.5. The molecule has 0 aromatic rings. The first-order valence-corrected chi connectivity index (χ1v) is 13.0. The van der Waals surface area contributed by atoms with Gasteiger partial charge in [-0.05, 0) is 39.5 Å². The van der Waals surface area contributed by atoms with Crippen LogP contribution in [0.2, 0.25) is 0 Å². The zero-order chi connectivity index (χ0) is 26.0. The largest absolute Gasteiger partial charge is 0.481 e. The Balaban J connectivity index is 1.62. The molecule has 2 rings (SSSR count). The molecule has 202 valence electrons. The number of aliphatic hydroxyl groups excluding tert-OH is 3. The minimum Gasteiger partial charge on any atom is -0.481 e. The molecule has 2 aliphatic heterocycles. The third-order valence-electron chi connectivity index (χ3n) is 7.09. The molecule has 0 spiro atoms. The highest BCUT2D eigenvalue weighted by molar-refractivity contribution is 5.82. The molecule has 0 aliphatic carbocycles. The van der Waals surface area contributed by atoms with E-state index >= 15 is 0 Å². The molecule has 9 heteroatoms. The summed E-state index contributed by atoms with van der Waals surface area (Å²) in [7, 11) is 0. The van der Waals surface area contributed by atoms with Crippen LogP contribution < -0.4 is 0 Å². The van der Waals surface area contributed by atoms with Crippen LogP contribution in [-0.2, 0) is 23.8 Å². The van der Waals surface area contributed by atoms with Crippen molar-refractivity contribution >= 4 is 11.9 Å². The Hall–Kier alpha value is -1.52. The van der Waals surface area contributed by atoms with Crippen molar-refractivity contribution in [3.05, 3.63) is 11.6 Å². The van der Waals surface area contributed by atoms with Crippen molar-refractivity contribution in [2.75, 3.05) is 13.2 Å². The van der Waals surface area contributed by atoms with Crippen LogP contribution in [0, 0.1) is 11.8 Å². The Morgan fingerprint density at radius 3 is 2.34 bits per heavy atom. The number of aliphatic carboxylic acids is 1. The number of ether oxygens (including phenoxy) is 3. The van der Waals surface area contributed by atoms with E-state index in [4.69, 9.17) is 19.3 Å². The Kier molecular flexibility index (Phi) is 12.6. The van der Waals surface area contributed by atoms with E-state index in [9.17, 15) is 24.9 Å². The van der Waals surface area contributed by atoms with Gasteiger partial charge in [-0.3, -0.25) is 4.79 Å². The molecule has 4 unspecified atom stereocenters. The highest BCUT2D eigenvalue weighted by atomic mass is 16.6. The molecule has 0 aromatic carbocycles. The summed E-state index contributed by atoms with van der Waals surface area (Å²) < 4.78 is 16.7. The molecule has 0 amide bonds. The average molecular weight is 501 g/mol. The van der Waals surface area contributed by atoms with Gasteiger partial charge in [-0.2, -0.15) is 0 Å². The number of carboxylic acid groups (broad SMARTS) is 1. The zero-order valence-corrected chi connectivity index (χ0v) is 21.3. The maximum absolute atomic E-state index is 12.1. The fourth-order valence-corrected chi connectivity index (χ4v) is 4.59. The molecule has 2 fully saturated rings. The van der Waals surface area contributed by atoms with Gasteiger partial charge in [-0.1, -0.05) is 38.2 Å². The first-order chi connectivity index (χ1) is 16.6. The number of hydrogen-bond donors (Lipinski definition) is 4. The molecule has 9 nitrogen and oxygen atoms in total. The van der Waals surface area contributed by atoms with E-state index < -0.39 is 36.4 Å². The molecule has 2 aliphatic rings. The number of rotatable bonds is 16. The van der Waals surface area contributed by atoms with Crippen molar-refractivity contribution in [2.45, 2.75) is 115 Å². The van der Waals surface area contributed by atoms with Crippen LogP contribution >= 0.6 is 0 Å². The van der Waals surface area contributed by atoms with Gasteiger partial charge >= 0.3 is 11.9 Å². The van der Waals surface area contributed by atoms with Gasteiger partial charge in [0.05, 0.1) is 43.7 Å². The predicted octanol–water partition coefficient (Wildman–Crippen LogP) is 2.59. The molecule has 0 saturated carbocycles. The number of unbranched alkanes of at least 4 members (excludes halogenated alkanes) is 5. The first kappa shape index (κ1) is 29.7. The average Bonchev–Trinajstić information content (AvgIpc) is 3.55. The lowest BCUT2D eigenvalue weighted by Gasteiger charge is -2.38. The van der Waals surface area contributed by atoms with Crippen LogP contribution in [0.1, 0.15) is 78.6 Å². The van der Waals surface area contributed by atoms with Crippen LogP contribution in [0.25, 0.3) is 0 Å². The first-order valence-electron chi connectivity index (χ1n) is 13.0. The normalized spacial score (nSPS) is 30.5. The van der Waals surface area contributed by atoms with E-state index in [2.05, 4.69) is 0 Å². The summed E-state index contributed by atoms with van der Waals surface area (Å²) in [5.74, 6) is -1.42. The molecule has 35 heavy (non-hydrogen) atoms. The molecular weight excluding hydrogens is 456 g/mol. The predicted molar refractivity (Wildman–Crippen MR) is 129 cm³/mol. The smallest absolute Gasteiger partial charge is 0.330 e. The third kappa shape index (κ3) is 10.6. The second-order valence-electron chi connectivity index (χ2n) is 10.2. The Labute approximate surface area is 208 Å². The summed E-state index contributed by atoms with van der Waals surface area (Å²) in [6, 6.07) is 0. The molecule has 2 saturated heterocycles. The molecule has 0 aromatic heterocycles. The van der Waals surface area contributed by atoms with E-state index in [1.165, 1.54) is 6.08 Å². The number of epoxide rings is 1. The fraction of sp³-hybridized carbons (Fsp3) is 0.846. The van der Waals surface area contributed by atoms with E-state index in [-0.39, 0.29) is 30.5 Å². The van der Waals surface area contributed by atoms with Crippen LogP contribution in [-0.4, -0.2) is 82.2 Å². The highest BCUT2D eigenvalue weighted by Gasteiger charge is 2.48.